The monoisotopic (exact) mass is 246 g/mol. The van der Waals surface area contributed by atoms with E-state index in [1.807, 2.05) is 0 Å². The van der Waals surface area contributed by atoms with Crippen LogP contribution in [0.2, 0.25) is 0 Å². The molecule has 0 aromatic heterocycles. The van der Waals surface area contributed by atoms with Gasteiger partial charge >= 0.3 is 5.97 Å². The van der Waals surface area contributed by atoms with E-state index in [0.29, 0.717) is 6.61 Å². The van der Waals surface area contributed by atoms with E-state index in [0.717, 1.165) is 0 Å². The quantitative estimate of drug-likeness (QED) is 0.439. The van der Waals surface area contributed by atoms with Crippen LogP contribution in [0.15, 0.2) is 0 Å². The van der Waals surface area contributed by atoms with Crippen LogP contribution in [0.25, 0.3) is 0 Å². The number of carboxylic acids is 1. The third-order valence-electron chi connectivity index (χ3n) is 2.82. The van der Waals surface area contributed by atoms with E-state index in [1.165, 1.54) is 0 Å². The van der Waals surface area contributed by atoms with E-state index in [2.05, 4.69) is 10.6 Å². The van der Waals surface area contributed by atoms with Crippen molar-refractivity contribution in [1.82, 2.24) is 10.6 Å². The Bertz CT molecular complexity index is 284. The molecule has 1 saturated heterocycles. The fourth-order valence-corrected chi connectivity index (χ4v) is 1.76. The lowest BCUT2D eigenvalue weighted by Crippen LogP contribution is -2.48. The van der Waals surface area contributed by atoms with E-state index in [4.69, 9.17) is 14.9 Å². The molecule has 1 rings (SSSR count). The van der Waals surface area contributed by atoms with Crippen LogP contribution >= 0.6 is 0 Å². The smallest absolute Gasteiger partial charge is 0.326 e. The molecule has 98 valence electrons. The SMILES string of the molecule is CNC1COCC1C(=O)N[C@@H](CCO)C(=O)O. The highest BCUT2D eigenvalue weighted by molar-refractivity contribution is 5.85. The van der Waals surface area contributed by atoms with Crippen LogP contribution in [-0.4, -0.2) is 61.0 Å². The molecule has 0 aromatic rings. The number of likely N-dealkylation sites (N-methyl/N-ethyl adjacent to an activating group) is 1. The number of carboxylic acid groups (broad SMARTS) is 1. The Balaban J connectivity index is 2.54. The number of ether oxygens (including phenoxy) is 1. The zero-order chi connectivity index (χ0) is 12.8. The van der Waals surface area contributed by atoms with Crippen LogP contribution in [-0.2, 0) is 14.3 Å². The lowest BCUT2D eigenvalue weighted by Gasteiger charge is -2.19. The summed E-state index contributed by atoms with van der Waals surface area (Å²) in [7, 11) is 1.72. The van der Waals surface area contributed by atoms with Crippen molar-refractivity contribution in [2.24, 2.45) is 5.92 Å². The van der Waals surface area contributed by atoms with Crippen LogP contribution in [0.3, 0.4) is 0 Å². The standard InChI is InChI=1S/C10H18N2O5/c1-11-8-5-17-4-6(8)9(14)12-7(2-3-13)10(15)16/h6-8,11,13H,2-5H2,1H3,(H,12,14)(H,15,16)/t6?,7-,8?/m0/s1. The maximum Gasteiger partial charge on any atom is 0.326 e. The lowest BCUT2D eigenvalue weighted by atomic mass is 10.0. The summed E-state index contributed by atoms with van der Waals surface area (Å²) in [6.07, 6.45) is -0.00112. The Morgan fingerprint density at radius 3 is 2.71 bits per heavy atom. The molecule has 1 amide bonds. The Kier molecular flexibility index (Phi) is 5.33. The van der Waals surface area contributed by atoms with Crippen molar-refractivity contribution in [3.8, 4) is 0 Å². The van der Waals surface area contributed by atoms with Crippen LogP contribution in [0.4, 0.5) is 0 Å². The number of aliphatic hydroxyl groups is 1. The van der Waals surface area contributed by atoms with Gasteiger partial charge in [0, 0.05) is 19.1 Å². The number of carbonyl (C=O) groups excluding carboxylic acids is 1. The van der Waals surface area contributed by atoms with E-state index in [-0.39, 0.29) is 37.5 Å². The predicted octanol–water partition coefficient (Wildman–Crippen LogP) is -1.83. The molecule has 1 aliphatic rings. The summed E-state index contributed by atoms with van der Waals surface area (Å²) >= 11 is 0. The summed E-state index contributed by atoms with van der Waals surface area (Å²) in [6, 6.07) is -1.15. The number of nitrogens with one attached hydrogen (secondary N) is 2. The predicted molar refractivity (Wildman–Crippen MR) is 58.4 cm³/mol. The molecule has 3 atom stereocenters. The number of amides is 1. The van der Waals surface area contributed by atoms with Crippen LogP contribution in [0.5, 0.6) is 0 Å². The third-order valence-corrected chi connectivity index (χ3v) is 2.82. The van der Waals surface area contributed by atoms with Crippen molar-refractivity contribution in [2.75, 3.05) is 26.9 Å². The molecule has 0 bridgehead atoms. The first-order valence-electron chi connectivity index (χ1n) is 5.49. The molecule has 1 fully saturated rings. The van der Waals surface area contributed by atoms with Gasteiger partial charge < -0.3 is 25.6 Å². The Morgan fingerprint density at radius 2 is 2.18 bits per heavy atom. The second kappa shape index (κ2) is 6.53. The maximum absolute atomic E-state index is 11.8. The second-order valence-electron chi connectivity index (χ2n) is 3.95. The second-order valence-corrected chi connectivity index (χ2v) is 3.95. The Hall–Kier alpha value is -1.18. The first-order chi connectivity index (χ1) is 8.10. The molecular formula is C10H18N2O5. The molecule has 7 heteroatoms. The number of aliphatic hydroxyl groups excluding tert-OH is 1. The Morgan fingerprint density at radius 1 is 1.47 bits per heavy atom. The van der Waals surface area contributed by atoms with Gasteiger partial charge in [0.15, 0.2) is 0 Å². The van der Waals surface area contributed by atoms with Gasteiger partial charge in [-0.15, -0.1) is 0 Å². The van der Waals surface area contributed by atoms with Crippen molar-refractivity contribution in [1.29, 1.82) is 0 Å². The highest BCUT2D eigenvalue weighted by atomic mass is 16.5. The molecule has 0 spiro atoms. The summed E-state index contributed by atoms with van der Waals surface area (Å²) in [5.74, 6) is -1.89. The van der Waals surface area contributed by atoms with Gasteiger partial charge in [0.25, 0.3) is 0 Å². The summed E-state index contributed by atoms with van der Waals surface area (Å²) < 4.78 is 5.16. The number of hydrogen-bond donors (Lipinski definition) is 4. The minimum atomic E-state index is -1.15. The molecule has 17 heavy (non-hydrogen) atoms. The average Bonchev–Trinajstić information content (AvgIpc) is 2.76. The minimum Gasteiger partial charge on any atom is -0.480 e. The van der Waals surface area contributed by atoms with Gasteiger partial charge in [0.1, 0.15) is 6.04 Å². The fraction of sp³-hybridized carbons (Fsp3) is 0.800. The molecule has 2 unspecified atom stereocenters. The normalized spacial score (nSPS) is 25.5. The molecule has 1 heterocycles. The van der Waals surface area contributed by atoms with Crippen molar-refractivity contribution < 1.29 is 24.5 Å². The van der Waals surface area contributed by atoms with Crippen molar-refractivity contribution >= 4 is 11.9 Å². The van der Waals surface area contributed by atoms with Gasteiger partial charge in [-0.05, 0) is 7.05 Å². The zero-order valence-corrected chi connectivity index (χ0v) is 9.68. The summed E-state index contributed by atoms with van der Waals surface area (Å²) in [5, 5.41) is 22.9. The number of aliphatic carboxylic acids is 1. The largest absolute Gasteiger partial charge is 0.480 e. The first-order valence-corrected chi connectivity index (χ1v) is 5.49. The van der Waals surface area contributed by atoms with E-state index < -0.39 is 12.0 Å². The summed E-state index contributed by atoms with van der Waals surface area (Å²) in [5.41, 5.74) is 0. The number of hydrogen-bond acceptors (Lipinski definition) is 5. The van der Waals surface area contributed by atoms with Gasteiger partial charge in [-0.2, -0.15) is 0 Å². The van der Waals surface area contributed by atoms with Gasteiger partial charge in [-0.3, -0.25) is 4.79 Å². The molecule has 0 aromatic carbocycles. The molecule has 0 saturated carbocycles. The molecule has 7 nitrogen and oxygen atoms in total. The van der Waals surface area contributed by atoms with Gasteiger partial charge in [0.2, 0.25) is 5.91 Å². The van der Waals surface area contributed by atoms with Crippen molar-refractivity contribution in [3.05, 3.63) is 0 Å². The highest BCUT2D eigenvalue weighted by Gasteiger charge is 2.34. The van der Waals surface area contributed by atoms with E-state index in [9.17, 15) is 9.59 Å². The first kappa shape index (κ1) is 13.9. The van der Waals surface area contributed by atoms with Crippen molar-refractivity contribution in [2.45, 2.75) is 18.5 Å². The molecular weight excluding hydrogens is 228 g/mol. The van der Waals surface area contributed by atoms with Gasteiger partial charge in [-0.25, -0.2) is 4.79 Å². The zero-order valence-electron chi connectivity index (χ0n) is 9.68. The summed E-state index contributed by atoms with van der Waals surface area (Å²) in [6.45, 7) is 0.434. The Labute approximate surface area is 99.1 Å². The molecule has 0 radical (unpaired) electrons. The van der Waals surface area contributed by atoms with Crippen molar-refractivity contribution in [3.63, 3.8) is 0 Å². The lowest BCUT2D eigenvalue weighted by molar-refractivity contribution is -0.143. The highest BCUT2D eigenvalue weighted by Crippen LogP contribution is 2.13. The van der Waals surface area contributed by atoms with Gasteiger partial charge in [-0.1, -0.05) is 0 Å². The fourth-order valence-electron chi connectivity index (χ4n) is 1.76. The van der Waals surface area contributed by atoms with E-state index >= 15 is 0 Å². The maximum atomic E-state index is 11.8. The summed E-state index contributed by atoms with van der Waals surface area (Å²) in [4.78, 5) is 22.6. The van der Waals surface area contributed by atoms with Crippen LogP contribution in [0, 0.1) is 5.92 Å². The van der Waals surface area contributed by atoms with Gasteiger partial charge in [0.05, 0.1) is 19.1 Å². The number of rotatable bonds is 6. The number of carbonyl (C=O) groups is 2. The third kappa shape index (κ3) is 3.65. The van der Waals surface area contributed by atoms with Crippen LogP contribution < -0.4 is 10.6 Å². The van der Waals surface area contributed by atoms with E-state index in [1.54, 1.807) is 7.05 Å². The molecule has 4 N–H and O–H groups in total. The topological polar surface area (TPSA) is 108 Å². The average molecular weight is 246 g/mol. The van der Waals surface area contributed by atoms with Crippen LogP contribution in [0.1, 0.15) is 6.42 Å². The molecule has 1 aliphatic heterocycles. The minimum absolute atomic E-state index is 0.00112. The molecule has 0 aliphatic carbocycles.